The predicted molar refractivity (Wildman–Crippen MR) is 98.2 cm³/mol. The quantitative estimate of drug-likeness (QED) is 0.710. The number of ether oxygens (including phenoxy) is 1. The molecule has 27 heavy (non-hydrogen) atoms. The second kappa shape index (κ2) is 7.19. The van der Waals surface area contributed by atoms with Gasteiger partial charge in [0.05, 0.1) is 5.69 Å². The molecule has 0 bridgehead atoms. The molecule has 0 radical (unpaired) electrons. The van der Waals surface area contributed by atoms with Crippen LogP contribution >= 0.6 is 0 Å². The molecule has 0 fully saturated rings. The molecule has 0 unspecified atom stereocenters. The Balaban J connectivity index is 1.56. The first-order valence-corrected chi connectivity index (χ1v) is 8.81. The van der Waals surface area contributed by atoms with E-state index >= 15 is 0 Å². The lowest BCUT2D eigenvalue weighted by Gasteiger charge is -2.19. The van der Waals surface area contributed by atoms with Gasteiger partial charge in [-0.25, -0.2) is 9.37 Å². The number of fused-ring (bicyclic) bond motifs is 1. The molecule has 0 saturated heterocycles. The van der Waals surface area contributed by atoms with Crippen molar-refractivity contribution < 1.29 is 13.9 Å². The third-order valence-corrected chi connectivity index (χ3v) is 4.49. The van der Waals surface area contributed by atoms with E-state index in [1.54, 1.807) is 22.6 Å². The van der Waals surface area contributed by atoms with Gasteiger partial charge in [-0.15, -0.1) is 5.10 Å². The molecule has 138 valence electrons. The maximum absolute atomic E-state index is 13.5. The summed E-state index contributed by atoms with van der Waals surface area (Å²) in [4.78, 5) is 18.8. The number of pyridine rings is 1. The average molecular weight is 366 g/mol. The Morgan fingerprint density at radius 3 is 2.74 bits per heavy atom. The topological polar surface area (TPSA) is 60.3 Å². The Morgan fingerprint density at radius 2 is 1.96 bits per heavy atom. The lowest BCUT2D eigenvalue weighted by molar-refractivity contribution is 0.0981. The summed E-state index contributed by atoms with van der Waals surface area (Å²) in [5.74, 6) is 0.253. The minimum Gasteiger partial charge on any atom is -0.472 e. The molecule has 0 spiro atoms. The van der Waals surface area contributed by atoms with E-state index in [9.17, 15) is 9.18 Å². The number of nitrogens with zero attached hydrogens (tertiary/aromatic N) is 4. The van der Waals surface area contributed by atoms with E-state index in [1.807, 2.05) is 30.3 Å². The maximum Gasteiger partial charge on any atom is 0.277 e. The first kappa shape index (κ1) is 17.2. The number of aromatic nitrogens is 3. The second-order valence-electron chi connectivity index (χ2n) is 6.41. The van der Waals surface area contributed by atoms with Gasteiger partial charge in [0.2, 0.25) is 5.88 Å². The Morgan fingerprint density at radius 1 is 1.15 bits per heavy atom. The van der Waals surface area contributed by atoms with Crippen LogP contribution in [-0.4, -0.2) is 27.2 Å². The number of amides is 1. The van der Waals surface area contributed by atoms with Crippen LogP contribution in [0.2, 0.25) is 0 Å². The molecule has 3 heterocycles. The van der Waals surface area contributed by atoms with Crippen LogP contribution in [0.5, 0.6) is 5.88 Å². The van der Waals surface area contributed by atoms with Crippen LogP contribution in [0.1, 0.15) is 28.2 Å². The molecule has 3 aromatic rings. The van der Waals surface area contributed by atoms with Gasteiger partial charge >= 0.3 is 0 Å². The molecule has 0 atom stereocenters. The summed E-state index contributed by atoms with van der Waals surface area (Å²) < 4.78 is 20.9. The van der Waals surface area contributed by atoms with Crippen molar-refractivity contribution in [2.75, 3.05) is 11.4 Å². The van der Waals surface area contributed by atoms with Crippen LogP contribution in [0.15, 0.2) is 48.5 Å². The van der Waals surface area contributed by atoms with E-state index in [4.69, 9.17) is 4.74 Å². The van der Waals surface area contributed by atoms with Crippen LogP contribution in [0.3, 0.4) is 0 Å². The van der Waals surface area contributed by atoms with Gasteiger partial charge in [0.25, 0.3) is 5.91 Å². The van der Waals surface area contributed by atoms with Crippen molar-refractivity contribution in [2.45, 2.75) is 26.5 Å². The first-order valence-electron chi connectivity index (χ1n) is 8.81. The molecular weight excluding hydrogens is 347 g/mol. The maximum atomic E-state index is 13.5. The van der Waals surface area contributed by atoms with Gasteiger partial charge in [0, 0.05) is 19.2 Å². The van der Waals surface area contributed by atoms with Crippen molar-refractivity contribution >= 4 is 11.7 Å². The molecule has 0 N–H and O–H groups in total. The molecule has 0 aliphatic carbocycles. The molecule has 7 heteroatoms. The normalized spacial score (nSPS) is 14.0. The lowest BCUT2D eigenvalue weighted by atomic mass is 10.2. The highest BCUT2D eigenvalue weighted by Gasteiger charge is 2.27. The monoisotopic (exact) mass is 366 g/mol. The summed E-state index contributed by atoms with van der Waals surface area (Å²) in [7, 11) is 0. The summed E-state index contributed by atoms with van der Waals surface area (Å²) in [6.45, 7) is 3.07. The van der Waals surface area contributed by atoms with E-state index in [0.717, 1.165) is 12.0 Å². The minimum atomic E-state index is -0.386. The van der Waals surface area contributed by atoms with E-state index in [2.05, 4.69) is 10.1 Å². The number of hydrogen-bond donors (Lipinski definition) is 0. The molecule has 1 aromatic carbocycles. The molecule has 0 saturated carbocycles. The van der Waals surface area contributed by atoms with Crippen molar-refractivity contribution in [2.24, 2.45) is 0 Å². The number of rotatable bonds is 4. The van der Waals surface area contributed by atoms with E-state index in [0.29, 0.717) is 37.1 Å². The fourth-order valence-corrected chi connectivity index (χ4v) is 3.06. The predicted octanol–water partition coefficient (Wildman–Crippen LogP) is 3.36. The van der Waals surface area contributed by atoms with Gasteiger partial charge in [-0.1, -0.05) is 30.3 Å². The van der Waals surface area contributed by atoms with Crippen LogP contribution < -0.4 is 9.64 Å². The summed E-state index contributed by atoms with van der Waals surface area (Å²) in [5, 5.41) is 4.40. The van der Waals surface area contributed by atoms with E-state index < -0.39 is 0 Å². The Hall–Kier alpha value is -3.22. The Kier molecular flexibility index (Phi) is 4.58. The first-order chi connectivity index (χ1) is 13.1. The zero-order valence-electron chi connectivity index (χ0n) is 14.9. The van der Waals surface area contributed by atoms with Gasteiger partial charge in [-0.05, 0) is 31.0 Å². The highest BCUT2D eigenvalue weighted by atomic mass is 19.1. The highest BCUT2D eigenvalue weighted by Crippen LogP contribution is 2.23. The number of halogens is 1. The number of benzene rings is 1. The van der Waals surface area contributed by atoms with Crippen LogP contribution in [-0.2, 0) is 13.2 Å². The van der Waals surface area contributed by atoms with E-state index in [1.165, 1.54) is 12.1 Å². The standard InChI is InChI=1S/C20H19FN4O2/c1-14-16(21)8-9-18(22-14)24-10-5-11-25-17(20(24)26)12-19(23-25)27-13-15-6-3-2-4-7-15/h2-4,6-9,12H,5,10-11,13H2,1H3. The van der Waals surface area contributed by atoms with Crippen molar-refractivity contribution in [3.63, 3.8) is 0 Å². The summed E-state index contributed by atoms with van der Waals surface area (Å²) in [5.41, 5.74) is 1.74. The second-order valence-corrected chi connectivity index (χ2v) is 6.41. The van der Waals surface area contributed by atoms with Gasteiger partial charge in [0.15, 0.2) is 0 Å². The van der Waals surface area contributed by atoms with Crippen molar-refractivity contribution in [1.82, 2.24) is 14.8 Å². The molecule has 4 rings (SSSR count). The van der Waals surface area contributed by atoms with Gasteiger partial charge in [-0.3, -0.25) is 14.4 Å². The molecule has 6 nitrogen and oxygen atoms in total. The van der Waals surface area contributed by atoms with Crippen molar-refractivity contribution in [3.05, 3.63) is 71.3 Å². The minimum absolute atomic E-state index is 0.215. The van der Waals surface area contributed by atoms with Crippen LogP contribution in [0.4, 0.5) is 10.2 Å². The summed E-state index contributed by atoms with van der Waals surface area (Å²) in [6.07, 6.45) is 0.719. The fraction of sp³-hybridized carbons (Fsp3) is 0.250. The van der Waals surface area contributed by atoms with Crippen molar-refractivity contribution in [3.8, 4) is 5.88 Å². The zero-order chi connectivity index (χ0) is 18.8. The zero-order valence-corrected chi connectivity index (χ0v) is 14.9. The number of anilines is 1. The molecule has 2 aromatic heterocycles. The number of carbonyl (C=O) groups is 1. The molecular formula is C20H19FN4O2. The highest BCUT2D eigenvalue weighted by molar-refractivity contribution is 6.04. The summed E-state index contributed by atoms with van der Waals surface area (Å²) in [6, 6.07) is 14.3. The third-order valence-electron chi connectivity index (χ3n) is 4.49. The lowest BCUT2D eigenvalue weighted by Crippen LogP contribution is -2.31. The Bertz CT molecular complexity index is 971. The smallest absolute Gasteiger partial charge is 0.277 e. The van der Waals surface area contributed by atoms with Crippen molar-refractivity contribution in [1.29, 1.82) is 0 Å². The Labute approximate surface area is 156 Å². The number of hydrogen-bond acceptors (Lipinski definition) is 4. The van der Waals surface area contributed by atoms with E-state index in [-0.39, 0.29) is 17.4 Å². The van der Waals surface area contributed by atoms with Gasteiger partial charge in [0.1, 0.15) is 23.9 Å². The SMILES string of the molecule is Cc1nc(N2CCCn3nc(OCc4ccccc4)cc3C2=O)ccc1F. The third kappa shape index (κ3) is 3.53. The molecule has 1 aliphatic heterocycles. The summed E-state index contributed by atoms with van der Waals surface area (Å²) >= 11 is 0. The molecule has 1 amide bonds. The van der Waals surface area contributed by atoms with Gasteiger partial charge < -0.3 is 4.74 Å². The average Bonchev–Trinajstić information content (AvgIpc) is 3.03. The number of carbonyl (C=O) groups excluding carboxylic acids is 1. The number of aryl methyl sites for hydroxylation is 2. The largest absolute Gasteiger partial charge is 0.472 e. The van der Waals surface area contributed by atoms with Gasteiger partial charge in [-0.2, -0.15) is 0 Å². The van der Waals surface area contributed by atoms with Crippen LogP contribution in [0.25, 0.3) is 0 Å². The fourth-order valence-electron chi connectivity index (χ4n) is 3.06. The van der Waals surface area contributed by atoms with Crippen LogP contribution in [0, 0.1) is 12.7 Å². The molecule has 1 aliphatic rings.